The first kappa shape index (κ1) is 12.1. The van der Waals surface area contributed by atoms with Crippen LogP contribution in [0.25, 0.3) is 10.9 Å². The van der Waals surface area contributed by atoms with E-state index in [1.165, 1.54) is 6.07 Å². The Morgan fingerprint density at radius 2 is 1.89 bits per heavy atom. The molecule has 1 heterocycles. The molecule has 0 radical (unpaired) electrons. The average Bonchev–Trinajstić information content (AvgIpc) is 2.79. The van der Waals surface area contributed by atoms with E-state index in [9.17, 15) is 4.39 Å². The first-order valence-corrected chi connectivity index (χ1v) is 6.31. The molecule has 0 spiro atoms. The van der Waals surface area contributed by atoms with Crippen molar-refractivity contribution in [2.75, 3.05) is 5.73 Å². The molecule has 0 fully saturated rings. The van der Waals surface area contributed by atoms with Crippen molar-refractivity contribution in [3.8, 4) is 0 Å². The van der Waals surface area contributed by atoms with E-state index in [1.54, 1.807) is 12.1 Å². The normalized spacial score (nSPS) is 11.1. The third kappa shape index (κ3) is 2.06. The monoisotopic (exact) mass is 274 g/mol. The van der Waals surface area contributed by atoms with Gasteiger partial charge in [-0.05, 0) is 24.3 Å². The van der Waals surface area contributed by atoms with Crippen LogP contribution in [0.4, 0.5) is 10.1 Å². The maximum Gasteiger partial charge on any atom is 0.129 e. The lowest BCUT2D eigenvalue weighted by Crippen LogP contribution is -2.03. The number of fused-ring (bicyclic) bond motifs is 1. The maximum atomic E-state index is 13.8. The lowest BCUT2D eigenvalue weighted by molar-refractivity contribution is 0.602. The minimum absolute atomic E-state index is 0.302. The van der Waals surface area contributed by atoms with Gasteiger partial charge in [0.15, 0.2) is 0 Å². The van der Waals surface area contributed by atoms with Crippen LogP contribution in [-0.2, 0) is 6.54 Å². The van der Waals surface area contributed by atoms with E-state index in [2.05, 4.69) is 0 Å². The molecule has 96 valence electrons. The zero-order valence-corrected chi connectivity index (χ0v) is 10.9. The third-order valence-electron chi connectivity index (χ3n) is 3.21. The van der Waals surface area contributed by atoms with Crippen molar-refractivity contribution >= 4 is 28.2 Å². The fourth-order valence-corrected chi connectivity index (χ4v) is 2.50. The minimum Gasteiger partial charge on any atom is -0.397 e. The summed E-state index contributed by atoms with van der Waals surface area (Å²) in [6.07, 6.45) is 1.89. The maximum absolute atomic E-state index is 13.8. The highest BCUT2D eigenvalue weighted by molar-refractivity contribution is 6.31. The summed E-state index contributed by atoms with van der Waals surface area (Å²) >= 11 is 6.05. The molecule has 2 N–H and O–H groups in total. The number of rotatable bonds is 2. The molecule has 0 bridgehead atoms. The zero-order valence-electron chi connectivity index (χ0n) is 10.1. The molecule has 2 nitrogen and oxygen atoms in total. The smallest absolute Gasteiger partial charge is 0.129 e. The summed E-state index contributed by atoms with van der Waals surface area (Å²) in [4.78, 5) is 0. The highest BCUT2D eigenvalue weighted by Gasteiger charge is 2.10. The molecule has 0 saturated carbocycles. The van der Waals surface area contributed by atoms with Crippen molar-refractivity contribution in [3.05, 3.63) is 65.1 Å². The summed E-state index contributed by atoms with van der Waals surface area (Å²) in [5.74, 6) is -0.302. The predicted octanol–water partition coefficient (Wildman–Crippen LogP) is 4.06. The molecule has 0 atom stereocenters. The lowest BCUT2D eigenvalue weighted by Gasteiger charge is -2.10. The Bertz CT molecular complexity index is 729. The van der Waals surface area contributed by atoms with E-state index in [-0.39, 0.29) is 5.82 Å². The summed E-state index contributed by atoms with van der Waals surface area (Å²) in [6, 6.07) is 12.4. The van der Waals surface area contributed by atoms with Gasteiger partial charge in [0.1, 0.15) is 5.82 Å². The molecule has 0 aliphatic rings. The Morgan fingerprint density at radius 1 is 1.11 bits per heavy atom. The summed E-state index contributed by atoms with van der Waals surface area (Å²) in [5.41, 5.74) is 8.04. The fraction of sp³-hybridized carbons (Fsp3) is 0.0667. The fourth-order valence-electron chi connectivity index (χ4n) is 2.28. The first-order chi connectivity index (χ1) is 9.16. The van der Waals surface area contributed by atoms with E-state index in [0.717, 1.165) is 10.9 Å². The van der Waals surface area contributed by atoms with Crippen LogP contribution in [0.15, 0.2) is 48.7 Å². The Kier molecular flexibility index (Phi) is 2.91. The average molecular weight is 275 g/mol. The molecule has 0 amide bonds. The van der Waals surface area contributed by atoms with Gasteiger partial charge in [0, 0.05) is 22.2 Å². The second-order valence-electron chi connectivity index (χ2n) is 4.43. The number of benzene rings is 2. The van der Waals surface area contributed by atoms with Crippen molar-refractivity contribution in [1.82, 2.24) is 4.57 Å². The van der Waals surface area contributed by atoms with Crippen molar-refractivity contribution < 1.29 is 4.39 Å². The van der Waals surface area contributed by atoms with Gasteiger partial charge in [-0.15, -0.1) is 0 Å². The largest absolute Gasteiger partial charge is 0.397 e. The SMILES string of the molecule is Nc1cccc2ccn(Cc3c(F)cccc3Cl)c12. The molecule has 0 unspecified atom stereocenters. The molecule has 3 rings (SSSR count). The van der Waals surface area contributed by atoms with Crippen LogP contribution < -0.4 is 5.73 Å². The number of nitrogens with zero attached hydrogens (tertiary/aromatic N) is 1. The zero-order chi connectivity index (χ0) is 13.4. The van der Waals surface area contributed by atoms with Gasteiger partial charge < -0.3 is 10.3 Å². The number of aromatic nitrogens is 1. The number of nitrogen functional groups attached to an aromatic ring is 1. The van der Waals surface area contributed by atoms with Gasteiger partial charge >= 0.3 is 0 Å². The summed E-state index contributed by atoms with van der Waals surface area (Å²) in [6.45, 7) is 0.364. The van der Waals surface area contributed by atoms with Crippen molar-refractivity contribution in [3.63, 3.8) is 0 Å². The summed E-state index contributed by atoms with van der Waals surface area (Å²) in [7, 11) is 0. The number of nitrogens with two attached hydrogens (primary N) is 1. The van der Waals surface area contributed by atoms with Crippen LogP contribution in [0.3, 0.4) is 0 Å². The number of anilines is 1. The molecule has 0 aliphatic heterocycles. The van der Waals surface area contributed by atoms with Crippen molar-refractivity contribution in [2.45, 2.75) is 6.54 Å². The Hall–Kier alpha value is -2.00. The van der Waals surface area contributed by atoms with Gasteiger partial charge in [0.25, 0.3) is 0 Å². The van der Waals surface area contributed by atoms with Gasteiger partial charge in [-0.2, -0.15) is 0 Å². The highest BCUT2D eigenvalue weighted by Crippen LogP contribution is 2.26. The molecule has 2 aromatic carbocycles. The van der Waals surface area contributed by atoms with E-state index < -0.39 is 0 Å². The number of halogens is 2. The Morgan fingerprint density at radius 3 is 2.68 bits per heavy atom. The molecular weight excluding hydrogens is 263 g/mol. The van der Waals surface area contributed by atoms with Crippen molar-refractivity contribution in [2.24, 2.45) is 0 Å². The van der Waals surface area contributed by atoms with Gasteiger partial charge in [0.05, 0.1) is 17.7 Å². The van der Waals surface area contributed by atoms with Crippen LogP contribution in [0.5, 0.6) is 0 Å². The van der Waals surface area contributed by atoms with Gasteiger partial charge in [0.2, 0.25) is 0 Å². The first-order valence-electron chi connectivity index (χ1n) is 5.93. The summed E-state index contributed by atoms with van der Waals surface area (Å²) in [5, 5.41) is 1.46. The minimum atomic E-state index is -0.302. The third-order valence-corrected chi connectivity index (χ3v) is 3.56. The van der Waals surface area contributed by atoms with Crippen LogP contribution in [0, 0.1) is 5.82 Å². The Labute approximate surface area is 115 Å². The van der Waals surface area contributed by atoms with Gasteiger partial charge in [-0.1, -0.05) is 29.8 Å². The van der Waals surface area contributed by atoms with Crippen molar-refractivity contribution in [1.29, 1.82) is 0 Å². The molecular formula is C15H12ClFN2. The molecule has 3 aromatic rings. The molecule has 4 heteroatoms. The topological polar surface area (TPSA) is 30.9 Å². The molecule has 0 aliphatic carbocycles. The Balaban J connectivity index is 2.12. The second kappa shape index (κ2) is 4.59. The molecule has 19 heavy (non-hydrogen) atoms. The highest BCUT2D eigenvalue weighted by atomic mass is 35.5. The number of para-hydroxylation sites is 1. The number of hydrogen-bond donors (Lipinski definition) is 1. The quantitative estimate of drug-likeness (QED) is 0.702. The van der Waals surface area contributed by atoms with E-state index in [0.29, 0.717) is 22.8 Å². The van der Waals surface area contributed by atoms with Crippen LogP contribution >= 0.6 is 11.6 Å². The summed E-state index contributed by atoms with van der Waals surface area (Å²) < 4.78 is 15.7. The van der Waals surface area contributed by atoms with Gasteiger partial charge in [-0.3, -0.25) is 0 Å². The van der Waals surface area contributed by atoms with E-state index >= 15 is 0 Å². The van der Waals surface area contributed by atoms with Gasteiger partial charge in [-0.25, -0.2) is 4.39 Å². The molecule has 1 aromatic heterocycles. The standard InChI is InChI=1S/C15H12ClFN2/c16-12-4-2-5-13(17)11(12)9-19-8-7-10-3-1-6-14(18)15(10)19/h1-8H,9,18H2. The van der Waals surface area contributed by atoms with Crippen LogP contribution in [0.2, 0.25) is 5.02 Å². The number of hydrogen-bond acceptors (Lipinski definition) is 1. The lowest BCUT2D eigenvalue weighted by atomic mass is 10.2. The molecule has 0 saturated heterocycles. The van der Waals surface area contributed by atoms with Crippen LogP contribution in [0.1, 0.15) is 5.56 Å². The predicted molar refractivity (Wildman–Crippen MR) is 76.9 cm³/mol. The van der Waals surface area contributed by atoms with E-state index in [1.807, 2.05) is 35.0 Å². The van der Waals surface area contributed by atoms with E-state index in [4.69, 9.17) is 17.3 Å². The van der Waals surface area contributed by atoms with Crippen LogP contribution in [-0.4, -0.2) is 4.57 Å². The second-order valence-corrected chi connectivity index (χ2v) is 4.84.